The molecule has 1 amide bonds. The number of fused-ring (bicyclic) bond motifs is 1. The van der Waals surface area contributed by atoms with Crippen LogP contribution in [-0.2, 0) is 4.79 Å². The van der Waals surface area contributed by atoms with Gasteiger partial charge in [0.15, 0.2) is 4.34 Å². The van der Waals surface area contributed by atoms with Crippen LogP contribution in [0.2, 0.25) is 0 Å². The number of thioether (sulfide) groups is 1. The molecule has 1 aliphatic rings. The van der Waals surface area contributed by atoms with Crippen LogP contribution in [0.25, 0.3) is 10.2 Å². The highest BCUT2D eigenvalue weighted by Gasteiger charge is 2.16. The largest absolute Gasteiger partial charge is 0.355 e. The monoisotopic (exact) mass is 346 g/mol. The van der Waals surface area contributed by atoms with Crippen molar-refractivity contribution in [3.63, 3.8) is 0 Å². The van der Waals surface area contributed by atoms with Crippen LogP contribution in [0, 0.1) is 0 Å². The molecule has 0 radical (unpaired) electrons. The molecule has 3 nitrogen and oxygen atoms in total. The zero-order chi connectivity index (χ0) is 16.1. The van der Waals surface area contributed by atoms with Crippen molar-refractivity contribution in [2.24, 2.45) is 0 Å². The lowest BCUT2D eigenvalue weighted by atomic mass is 9.97. The van der Waals surface area contributed by atoms with E-state index >= 15 is 0 Å². The smallest absolute Gasteiger partial charge is 0.233 e. The van der Waals surface area contributed by atoms with Gasteiger partial charge in [0.05, 0.1) is 15.5 Å². The molecule has 3 rings (SSSR count). The summed E-state index contributed by atoms with van der Waals surface area (Å²) in [6.07, 6.45) is 8.34. The number of allylic oxidation sites excluding steroid dienone is 1. The van der Waals surface area contributed by atoms with Crippen molar-refractivity contribution in [1.29, 1.82) is 0 Å². The maximum Gasteiger partial charge on any atom is 0.233 e. The molecule has 1 N–H and O–H groups in total. The number of carbonyl (C=O) groups excluding carboxylic acids is 1. The average Bonchev–Trinajstić information content (AvgIpc) is 2.98. The molecule has 122 valence electrons. The van der Waals surface area contributed by atoms with Gasteiger partial charge in [0, 0.05) is 6.54 Å². The fourth-order valence-electron chi connectivity index (χ4n) is 2.73. The lowest BCUT2D eigenvalue weighted by Gasteiger charge is -2.14. The van der Waals surface area contributed by atoms with Gasteiger partial charge in [-0.3, -0.25) is 4.79 Å². The van der Waals surface area contributed by atoms with Crippen LogP contribution in [0.15, 0.2) is 40.3 Å². The summed E-state index contributed by atoms with van der Waals surface area (Å²) in [4.78, 5) is 16.8. The molecule has 1 unspecified atom stereocenters. The van der Waals surface area contributed by atoms with Crippen molar-refractivity contribution < 1.29 is 4.79 Å². The summed E-state index contributed by atoms with van der Waals surface area (Å²) < 4.78 is 2.13. The fraction of sp³-hybridized carbons (Fsp3) is 0.444. The Morgan fingerprint density at radius 1 is 1.39 bits per heavy atom. The number of hydrogen-bond donors (Lipinski definition) is 1. The summed E-state index contributed by atoms with van der Waals surface area (Å²) in [5.41, 5.74) is 2.51. The van der Waals surface area contributed by atoms with E-state index in [0.717, 1.165) is 22.8 Å². The molecule has 1 aromatic heterocycles. The third kappa shape index (κ3) is 4.58. The summed E-state index contributed by atoms with van der Waals surface area (Å²) >= 11 is 3.20. The second kappa shape index (κ2) is 7.97. The van der Waals surface area contributed by atoms with Gasteiger partial charge in [-0.2, -0.15) is 0 Å². The Morgan fingerprint density at radius 2 is 2.26 bits per heavy atom. The standard InChI is InChI=1S/C18H22N2OS2/c1-13(17(21)19-12-11-14-7-3-2-4-8-14)22-18-20-15-9-5-6-10-16(15)23-18/h5-7,9-10,13H,2-4,8,11-12H2,1H3,(H,19,21). The third-order valence-electron chi connectivity index (χ3n) is 4.05. The fourth-order valence-corrected chi connectivity index (χ4v) is 4.96. The van der Waals surface area contributed by atoms with Gasteiger partial charge in [-0.25, -0.2) is 4.98 Å². The number of rotatable bonds is 6. The van der Waals surface area contributed by atoms with Crippen molar-refractivity contribution >= 4 is 39.2 Å². The second-order valence-corrected chi connectivity index (χ2v) is 8.48. The summed E-state index contributed by atoms with van der Waals surface area (Å²) in [7, 11) is 0. The molecule has 2 aromatic rings. The average molecular weight is 347 g/mol. The van der Waals surface area contributed by atoms with Gasteiger partial charge in [-0.1, -0.05) is 35.5 Å². The Hall–Kier alpha value is -1.33. The topological polar surface area (TPSA) is 42.0 Å². The predicted molar refractivity (Wildman–Crippen MR) is 99.1 cm³/mol. The number of aromatic nitrogens is 1. The van der Waals surface area contributed by atoms with Crippen LogP contribution in [-0.4, -0.2) is 22.7 Å². The van der Waals surface area contributed by atoms with Crippen molar-refractivity contribution in [1.82, 2.24) is 10.3 Å². The number of hydrogen-bond acceptors (Lipinski definition) is 4. The number of nitrogens with one attached hydrogen (secondary N) is 1. The van der Waals surface area contributed by atoms with Gasteiger partial charge < -0.3 is 5.32 Å². The molecule has 1 aliphatic carbocycles. The second-order valence-electron chi connectivity index (χ2n) is 5.86. The van der Waals surface area contributed by atoms with Gasteiger partial charge in [-0.05, 0) is 51.2 Å². The summed E-state index contributed by atoms with van der Waals surface area (Å²) in [5, 5.41) is 2.95. The molecule has 5 heteroatoms. The number of para-hydroxylation sites is 1. The van der Waals surface area contributed by atoms with Crippen LogP contribution >= 0.6 is 23.1 Å². The predicted octanol–water partition coefficient (Wildman–Crippen LogP) is 4.78. The molecule has 0 spiro atoms. The zero-order valence-electron chi connectivity index (χ0n) is 13.4. The highest BCUT2D eigenvalue weighted by atomic mass is 32.2. The van der Waals surface area contributed by atoms with Crippen molar-refractivity contribution in [3.05, 3.63) is 35.9 Å². The normalized spacial score (nSPS) is 16.1. The Labute approximate surface area is 145 Å². The van der Waals surface area contributed by atoms with Crippen LogP contribution in [0.4, 0.5) is 0 Å². The molecule has 1 aromatic carbocycles. The van der Waals surface area contributed by atoms with Gasteiger partial charge in [0.25, 0.3) is 0 Å². The SMILES string of the molecule is CC(Sc1nc2ccccc2s1)C(=O)NCCC1=CCCCC1. The van der Waals surface area contributed by atoms with Crippen molar-refractivity contribution in [3.8, 4) is 0 Å². The van der Waals surface area contributed by atoms with Gasteiger partial charge in [-0.15, -0.1) is 11.3 Å². The lowest BCUT2D eigenvalue weighted by Crippen LogP contribution is -2.31. The number of nitrogens with zero attached hydrogens (tertiary/aromatic N) is 1. The minimum atomic E-state index is -0.115. The van der Waals surface area contributed by atoms with E-state index < -0.39 is 0 Å². The molecule has 23 heavy (non-hydrogen) atoms. The number of amides is 1. The minimum absolute atomic E-state index is 0.102. The van der Waals surface area contributed by atoms with Gasteiger partial charge >= 0.3 is 0 Å². The van der Waals surface area contributed by atoms with Crippen LogP contribution in [0.5, 0.6) is 0 Å². The van der Waals surface area contributed by atoms with E-state index in [1.807, 2.05) is 25.1 Å². The lowest BCUT2D eigenvalue weighted by molar-refractivity contribution is -0.120. The van der Waals surface area contributed by atoms with Gasteiger partial charge in [0.1, 0.15) is 0 Å². The Kier molecular flexibility index (Phi) is 5.73. The number of benzene rings is 1. The maximum absolute atomic E-state index is 12.2. The molecule has 0 fully saturated rings. The minimum Gasteiger partial charge on any atom is -0.355 e. The molecular formula is C18H22N2OS2. The molecule has 0 saturated carbocycles. The van der Waals surface area contributed by atoms with Crippen molar-refractivity contribution in [2.75, 3.05) is 6.54 Å². The molecule has 1 heterocycles. The zero-order valence-corrected chi connectivity index (χ0v) is 15.0. The number of thiazole rings is 1. The highest BCUT2D eigenvalue weighted by Crippen LogP contribution is 2.31. The van der Waals surface area contributed by atoms with Gasteiger partial charge in [0.2, 0.25) is 5.91 Å². The highest BCUT2D eigenvalue weighted by molar-refractivity contribution is 8.02. The number of carbonyl (C=O) groups is 1. The van der Waals surface area contributed by atoms with Crippen molar-refractivity contribution in [2.45, 2.75) is 48.6 Å². The van der Waals surface area contributed by atoms with Crippen LogP contribution in [0.3, 0.4) is 0 Å². The van der Waals surface area contributed by atoms with E-state index in [4.69, 9.17) is 0 Å². The Balaban J connectivity index is 1.48. The summed E-state index contributed by atoms with van der Waals surface area (Å²) in [5.74, 6) is 0.102. The molecule has 1 atom stereocenters. The Bertz CT molecular complexity index is 675. The van der Waals surface area contributed by atoms with E-state index in [2.05, 4.69) is 22.4 Å². The molecule has 0 saturated heterocycles. The molecule has 0 aliphatic heterocycles. The summed E-state index contributed by atoms with van der Waals surface area (Å²) in [6.45, 7) is 2.70. The first-order valence-corrected chi connectivity index (χ1v) is 9.90. The van der Waals surface area contributed by atoms with E-state index in [1.165, 1.54) is 36.0 Å². The first-order chi connectivity index (χ1) is 11.2. The summed E-state index contributed by atoms with van der Waals surface area (Å²) in [6, 6.07) is 8.09. The first-order valence-electron chi connectivity index (χ1n) is 8.20. The first kappa shape index (κ1) is 16.5. The van der Waals surface area contributed by atoms with E-state index in [-0.39, 0.29) is 11.2 Å². The van der Waals surface area contributed by atoms with E-state index in [1.54, 1.807) is 23.1 Å². The van der Waals surface area contributed by atoms with E-state index in [9.17, 15) is 4.79 Å². The third-order valence-corrected chi connectivity index (χ3v) is 6.28. The maximum atomic E-state index is 12.2. The quantitative estimate of drug-likeness (QED) is 0.604. The molecular weight excluding hydrogens is 324 g/mol. The van der Waals surface area contributed by atoms with E-state index in [0.29, 0.717) is 0 Å². The van der Waals surface area contributed by atoms with Crippen LogP contribution < -0.4 is 5.32 Å². The molecule has 0 bridgehead atoms. The van der Waals surface area contributed by atoms with Crippen LogP contribution in [0.1, 0.15) is 39.0 Å². The Morgan fingerprint density at radius 3 is 3.04 bits per heavy atom.